The third-order valence-corrected chi connectivity index (χ3v) is 1.74. The molecule has 1 amide bonds. The Morgan fingerprint density at radius 2 is 1.53 bits per heavy atom. The molecule has 0 bridgehead atoms. The summed E-state index contributed by atoms with van der Waals surface area (Å²) in [7, 11) is 0. The lowest BCUT2D eigenvalue weighted by molar-refractivity contribution is 0.0684. The van der Waals surface area contributed by atoms with Crippen molar-refractivity contribution in [3.63, 3.8) is 0 Å². The number of aromatic nitrogens is 2. The second kappa shape index (κ2) is 4.47. The quantitative estimate of drug-likeness (QED) is 0.632. The Labute approximate surface area is 85.9 Å². The van der Waals surface area contributed by atoms with E-state index in [2.05, 4.69) is 9.97 Å². The minimum absolute atomic E-state index is 0. The summed E-state index contributed by atoms with van der Waals surface area (Å²) in [6, 6.07) is 0. The zero-order valence-electron chi connectivity index (χ0n) is 8.44. The number of primary amides is 1. The van der Waals surface area contributed by atoms with Crippen LogP contribution in [0.15, 0.2) is 0 Å². The Morgan fingerprint density at radius 3 is 1.87 bits per heavy atom. The Balaban J connectivity index is 0.00000196. The Morgan fingerprint density at radius 1 is 1.13 bits per heavy atom. The maximum atomic E-state index is 10.8. The molecule has 1 aromatic rings. The maximum absolute atomic E-state index is 10.8. The SMILES string of the molecule is Cc1nc(C(N)=O)c(C(=O)O)nc1C.N. The molecule has 0 aliphatic heterocycles. The number of aromatic carboxylic acids is 1. The van der Waals surface area contributed by atoms with Crippen LogP contribution in [0.3, 0.4) is 0 Å². The predicted octanol–water partition coefficient (Wildman–Crippen LogP) is 0.0525. The van der Waals surface area contributed by atoms with Crippen molar-refractivity contribution in [1.82, 2.24) is 16.1 Å². The molecule has 0 spiro atoms. The number of rotatable bonds is 2. The van der Waals surface area contributed by atoms with Gasteiger partial charge in [-0.15, -0.1) is 0 Å². The molecule has 1 rings (SSSR count). The number of carboxylic acids is 1. The lowest BCUT2D eigenvalue weighted by atomic mass is 10.2. The highest BCUT2D eigenvalue weighted by Gasteiger charge is 2.19. The van der Waals surface area contributed by atoms with Crippen molar-refractivity contribution >= 4 is 11.9 Å². The molecular weight excluding hydrogens is 200 g/mol. The van der Waals surface area contributed by atoms with Crippen molar-refractivity contribution in [1.29, 1.82) is 0 Å². The first-order chi connectivity index (χ1) is 6.43. The van der Waals surface area contributed by atoms with E-state index in [0.717, 1.165) is 0 Å². The summed E-state index contributed by atoms with van der Waals surface area (Å²) in [5.74, 6) is -2.20. The van der Waals surface area contributed by atoms with Gasteiger partial charge in [0.05, 0.1) is 11.4 Å². The zero-order chi connectivity index (χ0) is 10.9. The van der Waals surface area contributed by atoms with Gasteiger partial charge in [0.1, 0.15) is 0 Å². The van der Waals surface area contributed by atoms with Gasteiger partial charge in [0.25, 0.3) is 5.91 Å². The summed E-state index contributed by atoms with van der Waals surface area (Å²) in [6.07, 6.45) is 0. The fourth-order valence-electron chi connectivity index (χ4n) is 0.924. The molecule has 0 unspecified atom stereocenters. The van der Waals surface area contributed by atoms with Gasteiger partial charge in [0.15, 0.2) is 11.4 Å². The van der Waals surface area contributed by atoms with E-state index in [4.69, 9.17) is 10.8 Å². The van der Waals surface area contributed by atoms with E-state index in [1.54, 1.807) is 13.8 Å². The van der Waals surface area contributed by atoms with Crippen LogP contribution in [0.1, 0.15) is 32.4 Å². The molecule has 1 aromatic heterocycles. The van der Waals surface area contributed by atoms with Crippen LogP contribution in [-0.4, -0.2) is 27.0 Å². The fourth-order valence-corrected chi connectivity index (χ4v) is 0.924. The third kappa shape index (κ3) is 2.47. The molecule has 82 valence electrons. The smallest absolute Gasteiger partial charge is 0.356 e. The number of hydrogen-bond acceptors (Lipinski definition) is 5. The Hall–Kier alpha value is -2.02. The number of nitrogens with zero attached hydrogens (tertiary/aromatic N) is 2. The average Bonchev–Trinajstić information content (AvgIpc) is 2.08. The minimum atomic E-state index is -1.31. The standard InChI is InChI=1S/C8H9N3O3.H3N/c1-3-4(2)11-6(8(13)14)5(10-3)7(9)12;/h1-2H3,(H2,9,12)(H,13,14);1H3. The fraction of sp³-hybridized carbons (Fsp3) is 0.250. The lowest BCUT2D eigenvalue weighted by Crippen LogP contribution is -2.21. The highest BCUT2D eigenvalue weighted by molar-refractivity contribution is 6.01. The topological polar surface area (TPSA) is 141 Å². The van der Waals surface area contributed by atoms with Crippen molar-refractivity contribution in [3.8, 4) is 0 Å². The van der Waals surface area contributed by atoms with Gasteiger partial charge in [-0.2, -0.15) is 0 Å². The van der Waals surface area contributed by atoms with Crippen LogP contribution in [0.5, 0.6) is 0 Å². The van der Waals surface area contributed by atoms with Crippen LogP contribution < -0.4 is 11.9 Å². The Bertz CT molecular complexity index is 378. The average molecular weight is 212 g/mol. The summed E-state index contributed by atoms with van der Waals surface area (Å²) in [4.78, 5) is 29.0. The molecule has 0 fully saturated rings. The summed E-state index contributed by atoms with van der Waals surface area (Å²) >= 11 is 0. The first-order valence-electron chi connectivity index (χ1n) is 3.81. The molecule has 7 heteroatoms. The molecule has 7 nitrogen and oxygen atoms in total. The van der Waals surface area contributed by atoms with E-state index >= 15 is 0 Å². The van der Waals surface area contributed by atoms with Gasteiger partial charge in [0, 0.05) is 0 Å². The first kappa shape index (κ1) is 13.0. The number of carbonyl (C=O) groups is 2. The molecule has 1 heterocycles. The number of aryl methyl sites for hydroxylation is 2. The number of hydrogen-bond donors (Lipinski definition) is 3. The first-order valence-corrected chi connectivity index (χ1v) is 3.81. The zero-order valence-corrected chi connectivity index (χ0v) is 8.44. The summed E-state index contributed by atoms with van der Waals surface area (Å²) in [5, 5.41) is 8.72. The van der Waals surface area contributed by atoms with Gasteiger partial charge in [0.2, 0.25) is 0 Å². The van der Waals surface area contributed by atoms with Crippen LogP contribution in [0, 0.1) is 13.8 Å². The van der Waals surface area contributed by atoms with Gasteiger partial charge in [-0.3, -0.25) is 4.79 Å². The molecule has 15 heavy (non-hydrogen) atoms. The molecule has 0 aliphatic carbocycles. The third-order valence-electron chi connectivity index (χ3n) is 1.74. The van der Waals surface area contributed by atoms with Crippen molar-refractivity contribution in [2.45, 2.75) is 13.8 Å². The van der Waals surface area contributed by atoms with E-state index in [1.807, 2.05) is 0 Å². The molecule has 0 aliphatic rings. The molecule has 6 N–H and O–H groups in total. The molecule has 0 radical (unpaired) electrons. The van der Waals surface area contributed by atoms with E-state index in [-0.39, 0.29) is 11.8 Å². The van der Waals surface area contributed by atoms with Crippen LogP contribution in [0.2, 0.25) is 0 Å². The number of carboxylic acid groups (broad SMARTS) is 1. The van der Waals surface area contributed by atoms with Gasteiger partial charge >= 0.3 is 5.97 Å². The number of nitrogens with two attached hydrogens (primary N) is 1. The van der Waals surface area contributed by atoms with Crippen LogP contribution in [-0.2, 0) is 0 Å². The Kier molecular flexibility index (Phi) is 3.87. The van der Waals surface area contributed by atoms with Crippen molar-refractivity contribution < 1.29 is 14.7 Å². The van der Waals surface area contributed by atoms with Crippen molar-refractivity contribution in [3.05, 3.63) is 22.8 Å². The highest BCUT2D eigenvalue weighted by atomic mass is 16.4. The highest BCUT2D eigenvalue weighted by Crippen LogP contribution is 2.07. The summed E-state index contributed by atoms with van der Waals surface area (Å²) < 4.78 is 0. The monoisotopic (exact) mass is 212 g/mol. The van der Waals surface area contributed by atoms with Crippen LogP contribution in [0.4, 0.5) is 0 Å². The van der Waals surface area contributed by atoms with Gasteiger partial charge in [-0.25, -0.2) is 14.8 Å². The van der Waals surface area contributed by atoms with Crippen molar-refractivity contribution in [2.24, 2.45) is 5.73 Å². The van der Waals surface area contributed by atoms with Crippen LogP contribution >= 0.6 is 0 Å². The van der Waals surface area contributed by atoms with Gasteiger partial charge in [-0.1, -0.05) is 0 Å². The second-order valence-electron chi connectivity index (χ2n) is 2.76. The lowest BCUT2D eigenvalue weighted by Gasteiger charge is -2.04. The molecular formula is C8H12N4O3. The second-order valence-corrected chi connectivity index (χ2v) is 2.76. The normalized spacial score (nSPS) is 9.20. The maximum Gasteiger partial charge on any atom is 0.356 e. The molecule has 0 aromatic carbocycles. The van der Waals surface area contributed by atoms with Crippen molar-refractivity contribution in [2.75, 3.05) is 0 Å². The molecule has 0 saturated carbocycles. The summed E-state index contributed by atoms with van der Waals surface area (Å²) in [6.45, 7) is 3.24. The molecule has 0 atom stereocenters. The van der Waals surface area contributed by atoms with Gasteiger partial charge < -0.3 is 17.0 Å². The van der Waals surface area contributed by atoms with E-state index < -0.39 is 17.6 Å². The summed E-state index contributed by atoms with van der Waals surface area (Å²) in [5.41, 5.74) is 5.21. The minimum Gasteiger partial charge on any atom is -0.476 e. The van der Waals surface area contributed by atoms with Gasteiger partial charge in [-0.05, 0) is 13.8 Å². The predicted molar refractivity (Wildman–Crippen MR) is 52.0 cm³/mol. The van der Waals surface area contributed by atoms with E-state index in [9.17, 15) is 9.59 Å². The largest absolute Gasteiger partial charge is 0.476 e. The van der Waals surface area contributed by atoms with E-state index in [0.29, 0.717) is 11.4 Å². The van der Waals surface area contributed by atoms with Crippen LogP contribution in [0.25, 0.3) is 0 Å². The molecule has 0 saturated heterocycles. The number of carbonyl (C=O) groups excluding carboxylic acids is 1. The van der Waals surface area contributed by atoms with E-state index in [1.165, 1.54) is 0 Å². The number of amides is 1.